The molecule has 0 unspecified atom stereocenters. The number of carbonyl (C=O) groups excluding carboxylic acids is 1. The number of nitrogens with zero attached hydrogens (tertiary/aromatic N) is 1. The number of aromatic carboxylic acids is 1. The van der Waals surface area contributed by atoms with Crippen LogP contribution in [0.25, 0.3) is 0 Å². The van der Waals surface area contributed by atoms with Crippen LogP contribution in [0.5, 0.6) is 0 Å². The van der Waals surface area contributed by atoms with E-state index in [1.165, 1.54) is 17.8 Å². The van der Waals surface area contributed by atoms with Crippen LogP contribution in [-0.2, 0) is 0 Å². The molecule has 0 aliphatic rings. The summed E-state index contributed by atoms with van der Waals surface area (Å²) in [5, 5.41) is 11.5. The van der Waals surface area contributed by atoms with Crippen LogP contribution in [0.4, 0.5) is 0 Å². The number of carboxylic acids is 1. The van der Waals surface area contributed by atoms with Crippen LogP contribution >= 0.6 is 11.8 Å². The predicted octanol–water partition coefficient (Wildman–Crippen LogP) is 2.21. The molecule has 1 aromatic carbocycles. The lowest BCUT2D eigenvalue weighted by Gasteiger charge is -2.10. The molecule has 0 saturated carbocycles. The third-order valence-corrected chi connectivity index (χ3v) is 3.72. The zero-order valence-electron chi connectivity index (χ0n) is 10.1. The molecule has 0 N–H and O–H groups in total. The monoisotopic (exact) mass is 258 g/mol. The van der Waals surface area contributed by atoms with E-state index >= 15 is 0 Å². The Bertz CT molecular complexity index is 596. The van der Waals surface area contributed by atoms with Gasteiger partial charge < -0.3 is 9.90 Å². The van der Waals surface area contributed by atoms with Crippen molar-refractivity contribution in [3.05, 3.63) is 53.2 Å². The smallest absolute Gasteiger partial charge is 0.110 e. The minimum absolute atomic E-state index is 0.128. The summed E-state index contributed by atoms with van der Waals surface area (Å²) in [5.41, 5.74) is 2.36. The van der Waals surface area contributed by atoms with Gasteiger partial charge >= 0.3 is 0 Å². The maximum absolute atomic E-state index is 11.0. The van der Waals surface area contributed by atoms with Gasteiger partial charge in [0.25, 0.3) is 0 Å². The maximum Gasteiger partial charge on any atom is 0.110 e. The number of hydrogen-bond donors (Lipinski definition) is 0. The molecule has 2 aromatic rings. The highest BCUT2D eigenvalue weighted by molar-refractivity contribution is 7.99. The zero-order valence-corrected chi connectivity index (χ0v) is 11.0. The van der Waals surface area contributed by atoms with E-state index in [1.54, 1.807) is 12.3 Å². The van der Waals surface area contributed by atoms with E-state index in [0.29, 0.717) is 5.03 Å². The molecule has 2 rings (SSSR count). The second kappa shape index (κ2) is 5.23. The van der Waals surface area contributed by atoms with Gasteiger partial charge in [-0.25, -0.2) is 4.98 Å². The molecule has 0 fully saturated rings. The van der Waals surface area contributed by atoms with Crippen LogP contribution in [0.15, 0.2) is 46.5 Å². The molecule has 3 nitrogen and oxygen atoms in total. The molecule has 0 aliphatic carbocycles. The zero-order chi connectivity index (χ0) is 13.1. The maximum atomic E-state index is 11.0. The molecule has 0 saturated heterocycles. The van der Waals surface area contributed by atoms with Gasteiger partial charge in [-0.2, -0.15) is 0 Å². The molecular weight excluding hydrogens is 246 g/mol. The van der Waals surface area contributed by atoms with Gasteiger partial charge in [-0.3, -0.25) is 0 Å². The van der Waals surface area contributed by atoms with Crippen molar-refractivity contribution in [2.24, 2.45) is 0 Å². The first-order valence-electron chi connectivity index (χ1n) is 5.49. The minimum Gasteiger partial charge on any atom is -0.545 e. The van der Waals surface area contributed by atoms with Crippen LogP contribution in [-0.4, -0.2) is 11.0 Å². The molecule has 0 amide bonds. The highest BCUT2D eigenvalue weighted by Gasteiger charge is 2.08. The summed E-state index contributed by atoms with van der Waals surface area (Å²) in [4.78, 5) is 16.1. The van der Waals surface area contributed by atoms with Crippen LogP contribution in [0, 0.1) is 13.8 Å². The first-order valence-corrected chi connectivity index (χ1v) is 6.31. The summed E-state index contributed by atoms with van der Waals surface area (Å²) in [6, 6.07) is 9.17. The molecule has 0 atom stereocenters. The molecule has 0 bridgehead atoms. The van der Waals surface area contributed by atoms with Gasteiger partial charge in [-0.15, -0.1) is 0 Å². The van der Waals surface area contributed by atoms with E-state index in [2.05, 4.69) is 4.98 Å². The molecule has 4 heteroatoms. The fourth-order valence-electron chi connectivity index (χ4n) is 1.55. The predicted molar refractivity (Wildman–Crippen MR) is 68.6 cm³/mol. The average molecular weight is 258 g/mol. The highest BCUT2D eigenvalue weighted by atomic mass is 32.2. The van der Waals surface area contributed by atoms with Crippen molar-refractivity contribution < 1.29 is 9.90 Å². The lowest BCUT2D eigenvalue weighted by Crippen LogP contribution is -2.23. The number of aromatic nitrogens is 1. The number of hydrogen-bond acceptors (Lipinski definition) is 4. The Balaban J connectivity index is 2.40. The van der Waals surface area contributed by atoms with Gasteiger partial charge in [-0.1, -0.05) is 23.9 Å². The molecular formula is C14H12NO2S-. The van der Waals surface area contributed by atoms with E-state index in [0.717, 1.165) is 16.0 Å². The Morgan fingerprint density at radius 3 is 2.78 bits per heavy atom. The number of aryl methyl sites for hydroxylation is 2. The standard InChI is InChI=1S/C14H13NO2S/c1-9-5-6-10(2)12(8-9)18-13-11(14(16)17)4-3-7-15-13/h3-8H,1-2H3,(H,16,17)/p-1. The average Bonchev–Trinajstić information content (AvgIpc) is 2.34. The van der Waals surface area contributed by atoms with Gasteiger partial charge in [0.05, 0.1) is 5.97 Å². The van der Waals surface area contributed by atoms with Gasteiger partial charge in [0, 0.05) is 16.7 Å². The van der Waals surface area contributed by atoms with Crippen LogP contribution in [0.1, 0.15) is 21.5 Å². The van der Waals surface area contributed by atoms with E-state index in [4.69, 9.17) is 0 Å². The molecule has 18 heavy (non-hydrogen) atoms. The van der Waals surface area contributed by atoms with E-state index in [9.17, 15) is 9.90 Å². The lowest BCUT2D eigenvalue weighted by atomic mass is 10.2. The quantitative estimate of drug-likeness (QED) is 0.847. The fraction of sp³-hybridized carbons (Fsp3) is 0.143. The van der Waals surface area contributed by atoms with Crippen LogP contribution in [0.3, 0.4) is 0 Å². The number of benzene rings is 1. The topological polar surface area (TPSA) is 53.0 Å². The van der Waals surface area contributed by atoms with E-state index < -0.39 is 5.97 Å². The molecule has 1 aromatic heterocycles. The fourth-order valence-corrected chi connectivity index (χ4v) is 2.61. The minimum atomic E-state index is -1.20. The Kier molecular flexibility index (Phi) is 3.67. The summed E-state index contributed by atoms with van der Waals surface area (Å²) >= 11 is 1.35. The summed E-state index contributed by atoms with van der Waals surface area (Å²) in [5.74, 6) is -1.20. The first kappa shape index (κ1) is 12.6. The molecule has 92 valence electrons. The number of rotatable bonds is 3. The normalized spacial score (nSPS) is 10.3. The van der Waals surface area contributed by atoms with Crippen molar-refractivity contribution in [3.8, 4) is 0 Å². The van der Waals surface area contributed by atoms with Gasteiger partial charge in [0.1, 0.15) is 5.03 Å². The van der Waals surface area contributed by atoms with Crippen molar-refractivity contribution in [3.63, 3.8) is 0 Å². The summed E-state index contributed by atoms with van der Waals surface area (Å²) in [6.07, 6.45) is 1.58. The van der Waals surface area contributed by atoms with Crippen LogP contribution in [0.2, 0.25) is 0 Å². The van der Waals surface area contributed by atoms with Gasteiger partial charge in [0.15, 0.2) is 0 Å². The van der Waals surface area contributed by atoms with Crippen molar-refractivity contribution >= 4 is 17.7 Å². The van der Waals surface area contributed by atoms with Crippen LogP contribution < -0.4 is 5.11 Å². The van der Waals surface area contributed by atoms with Gasteiger partial charge in [-0.05, 0) is 43.2 Å². The molecule has 0 spiro atoms. The third-order valence-electron chi connectivity index (χ3n) is 2.54. The Labute approximate surface area is 110 Å². The van der Waals surface area contributed by atoms with Gasteiger partial charge in [0.2, 0.25) is 0 Å². The first-order chi connectivity index (χ1) is 8.58. The van der Waals surface area contributed by atoms with Crippen molar-refractivity contribution in [1.82, 2.24) is 4.98 Å². The molecule has 0 radical (unpaired) electrons. The summed E-state index contributed by atoms with van der Waals surface area (Å²) in [7, 11) is 0. The molecule has 1 heterocycles. The Morgan fingerprint density at radius 2 is 2.06 bits per heavy atom. The Hall–Kier alpha value is -1.81. The second-order valence-electron chi connectivity index (χ2n) is 4.01. The number of carboxylic acid groups (broad SMARTS) is 1. The lowest BCUT2D eigenvalue weighted by molar-refractivity contribution is -0.255. The second-order valence-corrected chi connectivity index (χ2v) is 5.05. The Morgan fingerprint density at radius 1 is 1.28 bits per heavy atom. The number of pyridine rings is 1. The molecule has 0 aliphatic heterocycles. The van der Waals surface area contributed by atoms with E-state index in [1.807, 2.05) is 32.0 Å². The van der Waals surface area contributed by atoms with E-state index in [-0.39, 0.29) is 5.56 Å². The van der Waals surface area contributed by atoms with Crippen molar-refractivity contribution in [2.45, 2.75) is 23.8 Å². The largest absolute Gasteiger partial charge is 0.545 e. The SMILES string of the molecule is Cc1ccc(C)c(Sc2ncccc2C(=O)[O-])c1. The number of carbonyl (C=O) groups is 1. The summed E-state index contributed by atoms with van der Waals surface area (Å²) in [6.45, 7) is 3.99. The van der Waals surface area contributed by atoms with Crippen molar-refractivity contribution in [2.75, 3.05) is 0 Å². The third kappa shape index (κ3) is 2.71. The highest BCUT2D eigenvalue weighted by Crippen LogP contribution is 2.31. The summed E-state index contributed by atoms with van der Waals surface area (Å²) < 4.78 is 0. The van der Waals surface area contributed by atoms with Crippen molar-refractivity contribution in [1.29, 1.82) is 0 Å².